The number of ketones is 1. The van der Waals surface area contributed by atoms with Gasteiger partial charge in [0.25, 0.3) is 0 Å². The van der Waals surface area contributed by atoms with Crippen molar-refractivity contribution >= 4 is 5.78 Å². The Balaban J connectivity index is 2.45. The summed E-state index contributed by atoms with van der Waals surface area (Å²) in [6.07, 6.45) is 0.450. The summed E-state index contributed by atoms with van der Waals surface area (Å²) < 4.78 is 33.8. The molecule has 1 saturated heterocycles. The number of aryl methyl sites for hydroxylation is 1. The maximum absolute atomic E-state index is 14.1. The first-order valence-electron chi connectivity index (χ1n) is 6.74. The van der Waals surface area contributed by atoms with Gasteiger partial charge in [0.15, 0.2) is 5.78 Å². The van der Waals surface area contributed by atoms with E-state index >= 15 is 0 Å². The van der Waals surface area contributed by atoms with Gasteiger partial charge in [-0.3, -0.25) is 4.79 Å². The van der Waals surface area contributed by atoms with Gasteiger partial charge >= 0.3 is 0 Å². The molecule has 0 radical (unpaired) electrons. The quantitative estimate of drug-likeness (QED) is 0.765. The van der Waals surface area contributed by atoms with Crippen molar-refractivity contribution in [2.24, 2.45) is 5.92 Å². The van der Waals surface area contributed by atoms with E-state index in [2.05, 4.69) is 0 Å². The SMILES string of the molecule is Cc1ccc(F)c(C(=O)C2CC(C)(C)OC2(C)C)c1F. The van der Waals surface area contributed by atoms with Gasteiger partial charge in [0, 0.05) is 0 Å². The lowest BCUT2D eigenvalue weighted by atomic mass is 9.81. The number of benzene rings is 1. The second-order valence-corrected chi connectivity index (χ2v) is 6.64. The fourth-order valence-corrected chi connectivity index (χ4v) is 3.03. The van der Waals surface area contributed by atoms with E-state index in [0.29, 0.717) is 6.42 Å². The number of hydrogen-bond donors (Lipinski definition) is 0. The highest BCUT2D eigenvalue weighted by Crippen LogP contribution is 2.43. The van der Waals surface area contributed by atoms with Crippen molar-refractivity contribution in [2.45, 2.75) is 52.2 Å². The number of ether oxygens (including phenoxy) is 1. The summed E-state index contributed by atoms with van der Waals surface area (Å²) in [4.78, 5) is 12.6. The predicted octanol–water partition coefficient (Wildman–Crippen LogP) is 4.05. The van der Waals surface area contributed by atoms with Gasteiger partial charge in [0.05, 0.1) is 22.7 Å². The monoisotopic (exact) mass is 282 g/mol. The van der Waals surface area contributed by atoms with Crippen LogP contribution in [-0.4, -0.2) is 17.0 Å². The number of carbonyl (C=O) groups is 1. The van der Waals surface area contributed by atoms with Crippen LogP contribution in [0.2, 0.25) is 0 Å². The third-order valence-corrected chi connectivity index (χ3v) is 3.92. The zero-order valence-electron chi connectivity index (χ0n) is 12.5. The lowest BCUT2D eigenvalue weighted by Crippen LogP contribution is -2.34. The molecule has 0 spiro atoms. The molecular weight excluding hydrogens is 262 g/mol. The Hall–Kier alpha value is -1.29. The first-order valence-corrected chi connectivity index (χ1v) is 6.74. The van der Waals surface area contributed by atoms with Crippen LogP contribution in [0.1, 0.15) is 50.0 Å². The third-order valence-electron chi connectivity index (χ3n) is 3.92. The molecule has 2 nitrogen and oxygen atoms in total. The van der Waals surface area contributed by atoms with Gasteiger partial charge in [-0.1, -0.05) is 6.07 Å². The summed E-state index contributed by atoms with van der Waals surface area (Å²) in [6, 6.07) is 2.47. The van der Waals surface area contributed by atoms with Crippen LogP contribution in [0.3, 0.4) is 0 Å². The Morgan fingerprint density at radius 2 is 1.85 bits per heavy atom. The zero-order valence-corrected chi connectivity index (χ0v) is 12.5. The van der Waals surface area contributed by atoms with Crippen LogP contribution in [0, 0.1) is 24.5 Å². The molecule has 1 unspecified atom stereocenters. The number of halogens is 2. The van der Waals surface area contributed by atoms with Crippen LogP contribution in [0.4, 0.5) is 8.78 Å². The molecule has 1 heterocycles. The molecular formula is C16H20F2O2. The van der Waals surface area contributed by atoms with E-state index in [1.165, 1.54) is 13.0 Å². The number of carbonyl (C=O) groups excluding carboxylic acids is 1. The maximum atomic E-state index is 14.1. The van der Waals surface area contributed by atoms with Crippen LogP contribution < -0.4 is 0 Å². The molecule has 4 heteroatoms. The Morgan fingerprint density at radius 3 is 2.35 bits per heavy atom. The predicted molar refractivity (Wildman–Crippen MR) is 72.8 cm³/mol. The average Bonchev–Trinajstić information content (AvgIpc) is 2.52. The Morgan fingerprint density at radius 1 is 1.25 bits per heavy atom. The summed E-state index contributed by atoms with van der Waals surface area (Å²) in [6.45, 7) is 8.85. The van der Waals surface area contributed by atoms with Crippen molar-refractivity contribution in [3.8, 4) is 0 Å². The van der Waals surface area contributed by atoms with Crippen LogP contribution in [0.15, 0.2) is 12.1 Å². The van der Waals surface area contributed by atoms with Gasteiger partial charge < -0.3 is 4.74 Å². The summed E-state index contributed by atoms with van der Waals surface area (Å²) >= 11 is 0. The van der Waals surface area contributed by atoms with Gasteiger partial charge in [-0.05, 0) is 52.7 Å². The highest BCUT2D eigenvalue weighted by Gasteiger charge is 2.50. The Bertz CT molecular complexity index is 562. The minimum absolute atomic E-state index is 0.269. The number of rotatable bonds is 2. The summed E-state index contributed by atoms with van der Waals surface area (Å²) in [5.41, 5.74) is -1.38. The van der Waals surface area contributed by atoms with E-state index < -0.39 is 40.1 Å². The fraction of sp³-hybridized carbons (Fsp3) is 0.562. The van der Waals surface area contributed by atoms with Crippen LogP contribution in [0.5, 0.6) is 0 Å². The van der Waals surface area contributed by atoms with E-state index in [1.54, 1.807) is 13.8 Å². The normalized spacial score (nSPS) is 23.9. The van der Waals surface area contributed by atoms with Crippen molar-refractivity contribution in [1.29, 1.82) is 0 Å². The minimum Gasteiger partial charge on any atom is -0.369 e. The maximum Gasteiger partial charge on any atom is 0.174 e. The van der Waals surface area contributed by atoms with Crippen LogP contribution in [0.25, 0.3) is 0 Å². The zero-order chi connectivity index (χ0) is 15.3. The number of hydrogen-bond acceptors (Lipinski definition) is 2. The topological polar surface area (TPSA) is 26.3 Å². The molecule has 110 valence electrons. The van der Waals surface area contributed by atoms with E-state index in [4.69, 9.17) is 4.74 Å². The average molecular weight is 282 g/mol. The molecule has 1 aliphatic heterocycles. The largest absolute Gasteiger partial charge is 0.369 e. The Labute approximate surface area is 118 Å². The van der Waals surface area contributed by atoms with E-state index in [0.717, 1.165) is 6.07 Å². The summed E-state index contributed by atoms with van der Waals surface area (Å²) in [5, 5.41) is 0. The second-order valence-electron chi connectivity index (χ2n) is 6.64. The third kappa shape index (κ3) is 2.49. The van der Waals surface area contributed by atoms with E-state index in [9.17, 15) is 13.6 Å². The summed E-state index contributed by atoms with van der Waals surface area (Å²) in [7, 11) is 0. The molecule has 1 aromatic carbocycles. The van der Waals surface area contributed by atoms with E-state index in [-0.39, 0.29) is 5.56 Å². The first kappa shape index (κ1) is 15.1. The van der Waals surface area contributed by atoms with Gasteiger partial charge in [-0.15, -0.1) is 0 Å². The molecule has 0 bridgehead atoms. The van der Waals surface area contributed by atoms with Crippen LogP contribution >= 0.6 is 0 Å². The highest BCUT2D eigenvalue weighted by molar-refractivity contribution is 5.99. The molecule has 0 aliphatic carbocycles. The molecule has 20 heavy (non-hydrogen) atoms. The summed E-state index contributed by atoms with van der Waals surface area (Å²) in [5.74, 6) is -2.64. The van der Waals surface area contributed by atoms with Gasteiger partial charge in [0.1, 0.15) is 11.6 Å². The van der Waals surface area contributed by atoms with E-state index in [1.807, 2.05) is 13.8 Å². The minimum atomic E-state index is -0.807. The molecule has 0 aromatic heterocycles. The molecule has 1 aliphatic rings. The van der Waals surface area contributed by atoms with Crippen molar-refractivity contribution in [1.82, 2.24) is 0 Å². The standard InChI is InChI=1S/C16H20F2O2/c1-9-6-7-11(17)12(13(9)18)14(19)10-8-15(2,3)20-16(10,4)5/h6-7,10H,8H2,1-5H3. The van der Waals surface area contributed by atoms with Crippen molar-refractivity contribution in [3.05, 3.63) is 34.9 Å². The highest BCUT2D eigenvalue weighted by atomic mass is 19.1. The molecule has 1 atom stereocenters. The first-order chi connectivity index (χ1) is 9.05. The molecule has 0 N–H and O–H groups in total. The molecule has 0 amide bonds. The second kappa shape index (κ2) is 4.62. The van der Waals surface area contributed by atoms with Gasteiger partial charge in [-0.2, -0.15) is 0 Å². The van der Waals surface area contributed by atoms with Crippen molar-refractivity contribution < 1.29 is 18.3 Å². The molecule has 0 saturated carbocycles. The fourth-order valence-electron chi connectivity index (χ4n) is 3.03. The smallest absolute Gasteiger partial charge is 0.174 e. The van der Waals surface area contributed by atoms with Crippen LogP contribution in [-0.2, 0) is 4.74 Å². The number of Topliss-reactive ketones (excluding diaryl/α,β-unsaturated/α-hetero) is 1. The molecule has 1 aromatic rings. The van der Waals surface area contributed by atoms with Crippen molar-refractivity contribution in [3.63, 3.8) is 0 Å². The lowest BCUT2D eigenvalue weighted by molar-refractivity contribution is -0.0712. The Kier molecular flexibility index (Phi) is 3.49. The molecule has 2 rings (SSSR count). The van der Waals surface area contributed by atoms with Gasteiger partial charge in [0.2, 0.25) is 0 Å². The molecule has 1 fully saturated rings. The van der Waals surface area contributed by atoms with Gasteiger partial charge in [-0.25, -0.2) is 8.78 Å². The lowest BCUT2D eigenvalue weighted by Gasteiger charge is -2.26. The van der Waals surface area contributed by atoms with Crippen molar-refractivity contribution in [2.75, 3.05) is 0 Å².